The lowest BCUT2D eigenvalue weighted by Gasteiger charge is -2.12. The molecule has 100 valence electrons. The summed E-state index contributed by atoms with van der Waals surface area (Å²) in [6.45, 7) is 4.96. The molecule has 4 nitrogen and oxygen atoms in total. The van der Waals surface area contributed by atoms with Crippen molar-refractivity contribution in [3.8, 4) is 22.6 Å². The summed E-state index contributed by atoms with van der Waals surface area (Å²) >= 11 is 0. The molecule has 0 aliphatic carbocycles. The van der Waals surface area contributed by atoms with Crippen LogP contribution in [0.5, 0.6) is 11.5 Å². The van der Waals surface area contributed by atoms with Gasteiger partial charge < -0.3 is 13.9 Å². The first-order valence-electron chi connectivity index (χ1n) is 6.22. The van der Waals surface area contributed by atoms with Gasteiger partial charge in [0.05, 0.1) is 19.5 Å². The number of aldehydes is 1. The van der Waals surface area contributed by atoms with E-state index in [0.29, 0.717) is 36.8 Å². The van der Waals surface area contributed by atoms with E-state index in [4.69, 9.17) is 13.9 Å². The molecule has 0 fully saturated rings. The predicted molar refractivity (Wildman–Crippen MR) is 71.9 cm³/mol. The minimum absolute atomic E-state index is 0.312. The Morgan fingerprint density at radius 2 is 1.84 bits per heavy atom. The topological polar surface area (TPSA) is 48.7 Å². The van der Waals surface area contributed by atoms with Crippen molar-refractivity contribution in [3.05, 3.63) is 36.3 Å². The molecule has 0 spiro atoms. The predicted octanol–water partition coefficient (Wildman–Crippen LogP) is 3.56. The van der Waals surface area contributed by atoms with Crippen LogP contribution in [0.25, 0.3) is 11.1 Å². The monoisotopic (exact) mass is 260 g/mol. The van der Waals surface area contributed by atoms with Crippen LogP contribution in [0.15, 0.2) is 34.9 Å². The highest BCUT2D eigenvalue weighted by Gasteiger charge is 2.12. The molecule has 2 rings (SSSR count). The fraction of sp³-hybridized carbons (Fsp3) is 0.267. The lowest BCUT2D eigenvalue weighted by atomic mass is 10.1. The van der Waals surface area contributed by atoms with Gasteiger partial charge >= 0.3 is 0 Å². The van der Waals surface area contributed by atoms with Gasteiger partial charge in [-0.3, -0.25) is 4.79 Å². The minimum atomic E-state index is 0.312. The SMILES string of the molecule is CCOc1ccc(-c2ccoc2C=O)cc1OCC. The molecule has 0 saturated heterocycles. The average Bonchev–Trinajstić information content (AvgIpc) is 2.89. The average molecular weight is 260 g/mol. The summed E-state index contributed by atoms with van der Waals surface area (Å²) in [6.07, 6.45) is 2.20. The van der Waals surface area contributed by atoms with E-state index in [0.717, 1.165) is 11.1 Å². The Kier molecular flexibility index (Phi) is 4.23. The fourth-order valence-electron chi connectivity index (χ4n) is 1.87. The highest BCUT2D eigenvalue weighted by molar-refractivity contribution is 5.84. The molecular formula is C15H16O4. The van der Waals surface area contributed by atoms with E-state index >= 15 is 0 Å². The van der Waals surface area contributed by atoms with Gasteiger partial charge in [-0.2, -0.15) is 0 Å². The van der Waals surface area contributed by atoms with Crippen molar-refractivity contribution >= 4 is 6.29 Å². The summed E-state index contributed by atoms with van der Waals surface area (Å²) in [5, 5.41) is 0. The number of benzene rings is 1. The number of furan rings is 1. The van der Waals surface area contributed by atoms with Crippen LogP contribution in [0.3, 0.4) is 0 Å². The Morgan fingerprint density at radius 3 is 2.53 bits per heavy atom. The molecule has 0 atom stereocenters. The molecule has 0 unspecified atom stereocenters. The maximum absolute atomic E-state index is 10.9. The van der Waals surface area contributed by atoms with Gasteiger partial charge in [-0.15, -0.1) is 0 Å². The summed E-state index contributed by atoms with van der Waals surface area (Å²) in [7, 11) is 0. The molecular weight excluding hydrogens is 244 g/mol. The van der Waals surface area contributed by atoms with Gasteiger partial charge in [0.2, 0.25) is 0 Å². The molecule has 0 saturated carbocycles. The van der Waals surface area contributed by atoms with E-state index in [-0.39, 0.29) is 0 Å². The Labute approximate surface area is 111 Å². The first-order valence-corrected chi connectivity index (χ1v) is 6.22. The second-order valence-corrected chi connectivity index (χ2v) is 3.84. The van der Waals surface area contributed by atoms with Crippen LogP contribution >= 0.6 is 0 Å². The second-order valence-electron chi connectivity index (χ2n) is 3.84. The molecule has 1 heterocycles. The van der Waals surface area contributed by atoms with Crippen molar-refractivity contribution in [1.29, 1.82) is 0 Å². The minimum Gasteiger partial charge on any atom is -0.490 e. The van der Waals surface area contributed by atoms with E-state index in [9.17, 15) is 4.79 Å². The lowest BCUT2D eigenvalue weighted by Crippen LogP contribution is -1.98. The highest BCUT2D eigenvalue weighted by Crippen LogP contribution is 2.34. The molecule has 1 aromatic heterocycles. The van der Waals surface area contributed by atoms with Crippen molar-refractivity contribution in [2.45, 2.75) is 13.8 Å². The van der Waals surface area contributed by atoms with Gasteiger partial charge in [0.25, 0.3) is 0 Å². The molecule has 0 bridgehead atoms. The van der Waals surface area contributed by atoms with Gasteiger partial charge in [-0.1, -0.05) is 6.07 Å². The smallest absolute Gasteiger partial charge is 0.185 e. The van der Waals surface area contributed by atoms with Crippen molar-refractivity contribution in [1.82, 2.24) is 0 Å². The zero-order valence-electron chi connectivity index (χ0n) is 11.0. The number of hydrogen-bond acceptors (Lipinski definition) is 4. The number of ether oxygens (including phenoxy) is 2. The van der Waals surface area contributed by atoms with Gasteiger partial charge in [0.1, 0.15) is 0 Å². The number of rotatable bonds is 6. The zero-order chi connectivity index (χ0) is 13.7. The van der Waals surface area contributed by atoms with Crippen LogP contribution < -0.4 is 9.47 Å². The third-order valence-electron chi connectivity index (χ3n) is 2.66. The lowest BCUT2D eigenvalue weighted by molar-refractivity contribution is 0.110. The number of carbonyl (C=O) groups excluding carboxylic acids is 1. The zero-order valence-corrected chi connectivity index (χ0v) is 11.0. The third-order valence-corrected chi connectivity index (χ3v) is 2.66. The van der Waals surface area contributed by atoms with Crippen molar-refractivity contribution < 1.29 is 18.7 Å². The first-order chi connectivity index (χ1) is 9.30. The van der Waals surface area contributed by atoms with Crippen LogP contribution in [0.4, 0.5) is 0 Å². The Bertz CT molecular complexity index is 557. The first kappa shape index (κ1) is 13.2. The van der Waals surface area contributed by atoms with E-state index < -0.39 is 0 Å². The summed E-state index contributed by atoms with van der Waals surface area (Å²) in [4.78, 5) is 10.9. The van der Waals surface area contributed by atoms with Crippen LogP contribution in [-0.2, 0) is 0 Å². The van der Waals surface area contributed by atoms with Crippen molar-refractivity contribution in [2.24, 2.45) is 0 Å². The quantitative estimate of drug-likeness (QED) is 0.745. The second kappa shape index (κ2) is 6.09. The standard InChI is InChI=1S/C15H16O4/c1-3-17-13-6-5-11(9-14(13)18-4-2)12-7-8-19-15(12)10-16/h5-10H,3-4H2,1-2H3. The van der Waals surface area contributed by atoms with Crippen molar-refractivity contribution in [3.63, 3.8) is 0 Å². The summed E-state index contributed by atoms with van der Waals surface area (Å²) in [5.74, 6) is 1.68. The fourth-order valence-corrected chi connectivity index (χ4v) is 1.87. The number of carbonyl (C=O) groups is 1. The van der Waals surface area contributed by atoms with Gasteiger partial charge in [-0.25, -0.2) is 0 Å². The maximum Gasteiger partial charge on any atom is 0.185 e. The molecule has 1 aromatic carbocycles. The van der Waals surface area contributed by atoms with Crippen LogP contribution in [0.2, 0.25) is 0 Å². The molecule has 19 heavy (non-hydrogen) atoms. The molecule has 0 aliphatic rings. The molecule has 4 heteroatoms. The Balaban J connectivity index is 2.42. The summed E-state index contributed by atoms with van der Waals surface area (Å²) < 4.78 is 16.2. The van der Waals surface area contributed by atoms with Crippen LogP contribution in [0.1, 0.15) is 24.4 Å². The summed E-state index contributed by atoms with van der Waals surface area (Å²) in [6, 6.07) is 7.33. The molecule has 0 aliphatic heterocycles. The Hall–Kier alpha value is -2.23. The Morgan fingerprint density at radius 1 is 1.11 bits per heavy atom. The van der Waals surface area contributed by atoms with E-state index in [1.807, 2.05) is 32.0 Å². The largest absolute Gasteiger partial charge is 0.490 e. The molecule has 0 amide bonds. The van der Waals surface area contributed by atoms with Gasteiger partial charge in [0, 0.05) is 5.56 Å². The molecule has 0 N–H and O–H groups in total. The van der Waals surface area contributed by atoms with E-state index in [2.05, 4.69) is 0 Å². The summed E-state index contributed by atoms with van der Waals surface area (Å²) in [5.41, 5.74) is 1.61. The van der Waals surface area contributed by atoms with Gasteiger partial charge in [0.15, 0.2) is 23.5 Å². The molecule has 2 aromatic rings. The van der Waals surface area contributed by atoms with E-state index in [1.54, 1.807) is 6.07 Å². The molecule has 0 radical (unpaired) electrons. The van der Waals surface area contributed by atoms with Gasteiger partial charge in [-0.05, 0) is 37.6 Å². The van der Waals surface area contributed by atoms with Crippen LogP contribution in [0, 0.1) is 0 Å². The normalized spacial score (nSPS) is 10.2. The van der Waals surface area contributed by atoms with Crippen LogP contribution in [-0.4, -0.2) is 19.5 Å². The van der Waals surface area contributed by atoms with E-state index in [1.165, 1.54) is 6.26 Å². The highest BCUT2D eigenvalue weighted by atomic mass is 16.5. The third kappa shape index (κ3) is 2.78. The maximum atomic E-state index is 10.9. The number of hydrogen-bond donors (Lipinski definition) is 0. The van der Waals surface area contributed by atoms with Crippen molar-refractivity contribution in [2.75, 3.05) is 13.2 Å².